The Labute approximate surface area is 103 Å². The van der Waals surface area contributed by atoms with Gasteiger partial charge in [0.2, 0.25) is 0 Å². The topological polar surface area (TPSA) is 47.0 Å². The number of nitrogens with one attached hydrogen (secondary N) is 1. The molecular formula is C14H12N2O2. The lowest BCUT2D eigenvalue weighted by atomic mass is 10.2. The Morgan fingerprint density at radius 2 is 1.78 bits per heavy atom. The van der Waals surface area contributed by atoms with Crippen LogP contribution < -0.4 is 10.3 Å². The van der Waals surface area contributed by atoms with Gasteiger partial charge in [-0.05, 0) is 36.4 Å². The molecule has 90 valence electrons. The van der Waals surface area contributed by atoms with Gasteiger partial charge in [-0.2, -0.15) is 0 Å². The quantitative estimate of drug-likeness (QED) is 0.747. The van der Waals surface area contributed by atoms with Gasteiger partial charge in [-0.25, -0.2) is 4.68 Å². The monoisotopic (exact) mass is 240 g/mol. The minimum absolute atomic E-state index is 0.0456. The van der Waals surface area contributed by atoms with Gasteiger partial charge >= 0.3 is 0 Å². The zero-order valence-electron chi connectivity index (χ0n) is 9.88. The number of aromatic nitrogens is 2. The minimum Gasteiger partial charge on any atom is -0.497 e. The standard InChI is InChI=1S/C14H12N2O2/c1-18-11-8-6-10(7-9-11)16-14(17)12-4-2-3-5-13(12)15-16/h2-9,15H,1H3. The summed E-state index contributed by atoms with van der Waals surface area (Å²) in [5, 5.41) is 3.77. The molecule has 0 atom stereocenters. The molecule has 4 heteroatoms. The van der Waals surface area contributed by atoms with Crippen molar-refractivity contribution in [3.8, 4) is 11.4 Å². The molecule has 0 aliphatic heterocycles. The second kappa shape index (κ2) is 4.07. The number of benzene rings is 2. The van der Waals surface area contributed by atoms with Crippen LogP contribution in [0.25, 0.3) is 16.6 Å². The largest absolute Gasteiger partial charge is 0.497 e. The van der Waals surface area contributed by atoms with Gasteiger partial charge in [-0.3, -0.25) is 9.89 Å². The van der Waals surface area contributed by atoms with Gasteiger partial charge < -0.3 is 4.74 Å². The van der Waals surface area contributed by atoms with Gasteiger partial charge in [0.15, 0.2) is 0 Å². The zero-order valence-corrected chi connectivity index (χ0v) is 9.88. The summed E-state index contributed by atoms with van der Waals surface area (Å²) in [5.41, 5.74) is 1.58. The number of nitrogens with zero attached hydrogens (tertiary/aromatic N) is 1. The van der Waals surface area contributed by atoms with Crippen LogP contribution in [-0.4, -0.2) is 16.9 Å². The summed E-state index contributed by atoms with van der Waals surface area (Å²) < 4.78 is 6.63. The maximum Gasteiger partial charge on any atom is 0.279 e. The number of hydrogen-bond donors (Lipinski definition) is 1. The molecule has 0 fully saturated rings. The van der Waals surface area contributed by atoms with E-state index >= 15 is 0 Å². The number of ether oxygens (including phenoxy) is 1. The minimum atomic E-state index is -0.0456. The SMILES string of the molecule is COc1ccc(-n2[nH]c3ccccc3c2=O)cc1. The molecule has 4 nitrogen and oxygen atoms in total. The van der Waals surface area contributed by atoms with E-state index in [0.29, 0.717) is 5.39 Å². The fourth-order valence-electron chi connectivity index (χ4n) is 1.97. The summed E-state index contributed by atoms with van der Waals surface area (Å²) in [6, 6.07) is 14.8. The molecule has 1 N–H and O–H groups in total. The molecule has 0 aliphatic rings. The van der Waals surface area contributed by atoms with Gasteiger partial charge in [0.1, 0.15) is 5.75 Å². The van der Waals surface area contributed by atoms with Gasteiger partial charge in [0.05, 0.1) is 23.7 Å². The van der Waals surface area contributed by atoms with E-state index in [-0.39, 0.29) is 5.56 Å². The van der Waals surface area contributed by atoms with Crippen molar-refractivity contribution in [2.24, 2.45) is 0 Å². The second-order valence-corrected chi connectivity index (χ2v) is 4.00. The number of aromatic amines is 1. The van der Waals surface area contributed by atoms with Crippen LogP contribution in [0.4, 0.5) is 0 Å². The van der Waals surface area contributed by atoms with Crippen molar-refractivity contribution in [1.82, 2.24) is 9.78 Å². The molecule has 3 aromatic rings. The molecule has 0 radical (unpaired) electrons. The molecule has 0 bridgehead atoms. The van der Waals surface area contributed by atoms with Crippen LogP contribution in [-0.2, 0) is 0 Å². The van der Waals surface area contributed by atoms with Crippen LogP contribution in [0.3, 0.4) is 0 Å². The molecule has 0 spiro atoms. The summed E-state index contributed by atoms with van der Waals surface area (Å²) in [6.07, 6.45) is 0. The van der Waals surface area contributed by atoms with E-state index in [2.05, 4.69) is 5.10 Å². The molecule has 1 heterocycles. The van der Waals surface area contributed by atoms with Crippen LogP contribution in [0.5, 0.6) is 5.75 Å². The molecule has 0 aliphatic carbocycles. The Morgan fingerprint density at radius 1 is 1.06 bits per heavy atom. The summed E-state index contributed by atoms with van der Waals surface area (Å²) >= 11 is 0. The molecule has 2 aromatic carbocycles. The summed E-state index contributed by atoms with van der Waals surface area (Å²) in [7, 11) is 1.62. The Bertz CT molecular complexity index is 738. The molecule has 18 heavy (non-hydrogen) atoms. The van der Waals surface area contributed by atoms with Crippen LogP contribution in [0.15, 0.2) is 53.3 Å². The van der Waals surface area contributed by atoms with E-state index in [0.717, 1.165) is 17.0 Å². The van der Waals surface area contributed by atoms with E-state index in [1.165, 1.54) is 4.68 Å². The van der Waals surface area contributed by atoms with Crippen molar-refractivity contribution >= 4 is 10.9 Å². The predicted octanol–water partition coefficient (Wildman–Crippen LogP) is 2.33. The van der Waals surface area contributed by atoms with E-state index in [1.54, 1.807) is 7.11 Å². The highest BCUT2D eigenvalue weighted by molar-refractivity contribution is 5.78. The van der Waals surface area contributed by atoms with Crippen LogP contribution in [0.2, 0.25) is 0 Å². The van der Waals surface area contributed by atoms with Crippen molar-refractivity contribution in [1.29, 1.82) is 0 Å². The summed E-state index contributed by atoms with van der Waals surface area (Å²) in [4.78, 5) is 12.2. The third-order valence-corrected chi connectivity index (χ3v) is 2.92. The first-order valence-electron chi connectivity index (χ1n) is 5.64. The third-order valence-electron chi connectivity index (χ3n) is 2.92. The highest BCUT2D eigenvalue weighted by atomic mass is 16.5. The Morgan fingerprint density at radius 3 is 2.44 bits per heavy atom. The molecule has 3 rings (SSSR count). The van der Waals surface area contributed by atoms with E-state index in [9.17, 15) is 4.79 Å². The third kappa shape index (κ3) is 1.59. The number of fused-ring (bicyclic) bond motifs is 1. The fraction of sp³-hybridized carbons (Fsp3) is 0.0714. The average Bonchev–Trinajstić information content (AvgIpc) is 2.77. The van der Waals surface area contributed by atoms with E-state index in [1.807, 2.05) is 48.5 Å². The lowest BCUT2D eigenvalue weighted by molar-refractivity contribution is 0.414. The number of H-pyrrole nitrogens is 1. The Hall–Kier alpha value is -2.49. The van der Waals surface area contributed by atoms with Crippen molar-refractivity contribution in [3.05, 3.63) is 58.9 Å². The van der Waals surface area contributed by atoms with Gasteiger partial charge in [-0.15, -0.1) is 0 Å². The fourth-order valence-corrected chi connectivity index (χ4v) is 1.97. The van der Waals surface area contributed by atoms with Crippen LogP contribution in [0, 0.1) is 0 Å². The first-order valence-corrected chi connectivity index (χ1v) is 5.64. The number of rotatable bonds is 2. The zero-order chi connectivity index (χ0) is 12.5. The van der Waals surface area contributed by atoms with Gasteiger partial charge in [0.25, 0.3) is 5.56 Å². The van der Waals surface area contributed by atoms with E-state index < -0.39 is 0 Å². The highest BCUT2D eigenvalue weighted by Gasteiger charge is 2.07. The number of methoxy groups -OCH3 is 1. The van der Waals surface area contributed by atoms with Crippen LogP contribution >= 0.6 is 0 Å². The number of para-hydroxylation sites is 1. The van der Waals surface area contributed by atoms with Crippen molar-refractivity contribution in [2.75, 3.05) is 7.11 Å². The molecule has 0 unspecified atom stereocenters. The number of hydrogen-bond acceptors (Lipinski definition) is 2. The molecular weight excluding hydrogens is 228 g/mol. The average molecular weight is 240 g/mol. The first kappa shape index (κ1) is 10.7. The van der Waals surface area contributed by atoms with Crippen molar-refractivity contribution in [2.45, 2.75) is 0 Å². The highest BCUT2D eigenvalue weighted by Crippen LogP contribution is 2.15. The van der Waals surface area contributed by atoms with Gasteiger partial charge in [-0.1, -0.05) is 12.1 Å². The molecule has 0 saturated heterocycles. The van der Waals surface area contributed by atoms with Crippen molar-refractivity contribution < 1.29 is 4.74 Å². The normalized spacial score (nSPS) is 10.7. The first-order chi connectivity index (χ1) is 8.79. The second-order valence-electron chi connectivity index (χ2n) is 4.00. The Balaban J connectivity index is 2.18. The van der Waals surface area contributed by atoms with Crippen LogP contribution in [0.1, 0.15) is 0 Å². The maximum atomic E-state index is 12.2. The van der Waals surface area contributed by atoms with Crippen molar-refractivity contribution in [3.63, 3.8) is 0 Å². The Kier molecular flexibility index (Phi) is 2.41. The maximum absolute atomic E-state index is 12.2. The lowest BCUT2D eigenvalue weighted by Crippen LogP contribution is -2.13. The molecule has 0 saturated carbocycles. The molecule has 1 aromatic heterocycles. The predicted molar refractivity (Wildman–Crippen MR) is 70.4 cm³/mol. The lowest BCUT2D eigenvalue weighted by Gasteiger charge is -2.03. The van der Waals surface area contributed by atoms with Gasteiger partial charge in [0, 0.05) is 0 Å². The summed E-state index contributed by atoms with van der Waals surface area (Å²) in [5.74, 6) is 0.767. The molecule has 0 amide bonds. The smallest absolute Gasteiger partial charge is 0.279 e. The summed E-state index contributed by atoms with van der Waals surface area (Å²) in [6.45, 7) is 0. The van der Waals surface area contributed by atoms with E-state index in [4.69, 9.17) is 4.74 Å².